The number of carbonyl (C=O) groups excluding carboxylic acids is 3. The number of nitrogens with zero attached hydrogens (tertiary/aromatic N) is 6. The van der Waals surface area contributed by atoms with Gasteiger partial charge in [0.25, 0.3) is 5.91 Å². The fourth-order valence-corrected chi connectivity index (χ4v) is 5.95. The number of ether oxygens (including phenoxy) is 1. The van der Waals surface area contributed by atoms with Gasteiger partial charge in [0.15, 0.2) is 9.84 Å². The second-order valence-corrected chi connectivity index (χ2v) is 10.6. The van der Waals surface area contributed by atoms with Crippen molar-refractivity contribution in [1.82, 2.24) is 35.3 Å². The molecule has 182 valence electrons. The van der Waals surface area contributed by atoms with Crippen molar-refractivity contribution in [3.05, 3.63) is 36.2 Å². The predicted molar refractivity (Wildman–Crippen MR) is 117 cm³/mol. The fourth-order valence-electron chi connectivity index (χ4n) is 4.22. The highest BCUT2D eigenvalue weighted by molar-refractivity contribution is 7.91. The molecule has 4 rings (SSSR count). The van der Waals surface area contributed by atoms with Crippen LogP contribution in [0.15, 0.2) is 30.6 Å². The molecule has 0 unspecified atom stereocenters. The van der Waals surface area contributed by atoms with Gasteiger partial charge in [-0.2, -0.15) is 0 Å². The van der Waals surface area contributed by atoms with Gasteiger partial charge in [0, 0.05) is 19.7 Å². The lowest BCUT2D eigenvalue weighted by molar-refractivity contribution is -0.140. The van der Waals surface area contributed by atoms with E-state index in [4.69, 9.17) is 4.74 Å². The maximum atomic E-state index is 13.3. The Morgan fingerprint density at radius 3 is 2.79 bits per heavy atom. The zero-order valence-corrected chi connectivity index (χ0v) is 19.6. The summed E-state index contributed by atoms with van der Waals surface area (Å²) in [7, 11) is -1.76. The Labute approximate surface area is 195 Å². The van der Waals surface area contributed by atoms with Crippen molar-refractivity contribution in [2.24, 2.45) is 0 Å². The van der Waals surface area contributed by atoms with Crippen molar-refractivity contribution in [3.8, 4) is 5.69 Å². The second-order valence-electron chi connectivity index (χ2n) is 8.39. The molecule has 2 aromatic rings. The minimum atomic E-state index is -3.24. The molecule has 3 heterocycles. The number of hydrogen-bond donors (Lipinski definition) is 1. The Hall–Kier alpha value is -3.39. The van der Waals surface area contributed by atoms with Gasteiger partial charge in [-0.25, -0.2) is 17.9 Å². The standard InChI is InChI=1S/C20H25N7O6S/c1-20(14-4-3-5-15(10-14)27-13-21-23-24-27)18(29)26(19(30)22-20)11-17(28)25(7-8-33-2)16-6-9-34(31,32)12-16/h3-5,10,13,16H,6-9,11-12H2,1-2H3,(H,22,30)/t16-,20-/m0/s1. The van der Waals surface area contributed by atoms with Crippen LogP contribution in [0.4, 0.5) is 4.79 Å². The maximum Gasteiger partial charge on any atom is 0.325 e. The average molecular weight is 492 g/mol. The van der Waals surface area contributed by atoms with Crippen LogP contribution in [0.1, 0.15) is 18.9 Å². The summed E-state index contributed by atoms with van der Waals surface area (Å²) in [4.78, 5) is 41.5. The number of amides is 4. The summed E-state index contributed by atoms with van der Waals surface area (Å²) in [5.41, 5.74) is -0.324. The molecule has 1 aromatic heterocycles. The van der Waals surface area contributed by atoms with Crippen molar-refractivity contribution < 1.29 is 27.5 Å². The van der Waals surface area contributed by atoms with Crippen LogP contribution in [0, 0.1) is 0 Å². The molecule has 0 bridgehead atoms. The number of tetrazole rings is 1. The van der Waals surface area contributed by atoms with E-state index in [0.29, 0.717) is 17.7 Å². The number of imide groups is 1. The van der Waals surface area contributed by atoms with Crippen LogP contribution < -0.4 is 5.32 Å². The van der Waals surface area contributed by atoms with Crippen LogP contribution in [-0.2, 0) is 29.7 Å². The third-order valence-corrected chi connectivity index (χ3v) is 7.86. The third-order valence-electron chi connectivity index (χ3n) is 6.11. The monoisotopic (exact) mass is 491 g/mol. The summed E-state index contributed by atoms with van der Waals surface area (Å²) < 4.78 is 30.3. The number of urea groups is 1. The molecular weight excluding hydrogens is 466 g/mol. The highest BCUT2D eigenvalue weighted by atomic mass is 32.2. The van der Waals surface area contributed by atoms with Gasteiger partial charge in [-0.15, -0.1) is 5.10 Å². The number of nitrogens with one attached hydrogen (secondary N) is 1. The molecule has 1 aromatic carbocycles. The van der Waals surface area contributed by atoms with E-state index in [1.54, 1.807) is 31.2 Å². The first-order chi connectivity index (χ1) is 16.1. The molecule has 2 saturated heterocycles. The summed E-state index contributed by atoms with van der Waals surface area (Å²) in [6.45, 7) is 1.41. The smallest absolute Gasteiger partial charge is 0.325 e. The molecule has 0 radical (unpaired) electrons. The second kappa shape index (κ2) is 9.10. The van der Waals surface area contributed by atoms with Crippen molar-refractivity contribution in [2.45, 2.75) is 24.9 Å². The highest BCUT2D eigenvalue weighted by Gasteiger charge is 2.50. The van der Waals surface area contributed by atoms with Crippen molar-refractivity contribution >= 4 is 27.7 Å². The molecule has 2 aliphatic rings. The van der Waals surface area contributed by atoms with Crippen LogP contribution >= 0.6 is 0 Å². The SMILES string of the molecule is COCCN(C(=O)CN1C(=O)N[C@@](C)(c2cccc(-n3cnnn3)c2)C1=O)[C@H]1CCS(=O)(=O)C1. The van der Waals surface area contributed by atoms with E-state index in [-0.39, 0.29) is 24.7 Å². The minimum absolute atomic E-state index is 0.00668. The van der Waals surface area contributed by atoms with E-state index in [9.17, 15) is 22.8 Å². The molecule has 1 N–H and O–H groups in total. The quantitative estimate of drug-likeness (QED) is 0.462. The number of benzene rings is 1. The lowest BCUT2D eigenvalue weighted by atomic mass is 9.91. The van der Waals surface area contributed by atoms with E-state index in [1.165, 1.54) is 23.0 Å². The van der Waals surface area contributed by atoms with Gasteiger partial charge >= 0.3 is 6.03 Å². The van der Waals surface area contributed by atoms with Gasteiger partial charge < -0.3 is 15.0 Å². The van der Waals surface area contributed by atoms with Crippen LogP contribution in [0.25, 0.3) is 5.69 Å². The third kappa shape index (κ3) is 4.50. The van der Waals surface area contributed by atoms with Gasteiger partial charge in [0.2, 0.25) is 5.91 Å². The number of rotatable bonds is 8. The number of sulfone groups is 1. The Bertz CT molecular complexity index is 1200. The zero-order valence-electron chi connectivity index (χ0n) is 18.7. The normalized spacial score (nSPS) is 23.8. The highest BCUT2D eigenvalue weighted by Crippen LogP contribution is 2.30. The molecule has 2 atom stereocenters. The first-order valence-corrected chi connectivity index (χ1v) is 12.4. The van der Waals surface area contributed by atoms with Gasteiger partial charge in [0.05, 0.1) is 23.8 Å². The summed E-state index contributed by atoms with van der Waals surface area (Å²) >= 11 is 0. The molecule has 2 fully saturated rings. The number of hydrogen-bond acceptors (Lipinski definition) is 9. The largest absolute Gasteiger partial charge is 0.383 e. The van der Waals surface area contributed by atoms with E-state index >= 15 is 0 Å². The predicted octanol–water partition coefficient (Wildman–Crippen LogP) is -0.909. The van der Waals surface area contributed by atoms with Gasteiger partial charge in [-0.1, -0.05) is 12.1 Å². The lowest BCUT2D eigenvalue weighted by Crippen LogP contribution is -2.49. The molecule has 4 amide bonds. The van der Waals surface area contributed by atoms with Gasteiger partial charge in [0.1, 0.15) is 18.4 Å². The topological polar surface area (TPSA) is 157 Å². The molecule has 14 heteroatoms. The van der Waals surface area contributed by atoms with E-state index in [1.807, 2.05) is 0 Å². The Balaban J connectivity index is 1.54. The summed E-state index contributed by atoms with van der Waals surface area (Å²) in [5, 5.41) is 13.7. The van der Waals surface area contributed by atoms with Gasteiger partial charge in [-0.05, 0) is 41.5 Å². The van der Waals surface area contributed by atoms with E-state index in [2.05, 4.69) is 20.8 Å². The first-order valence-electron chi connectivity index (χ1n) is 10.6. The van der Waals surface area contributed by atoms with Crippen LogP contribution in [0.2, 0.25) is 0 Å². The van der Waals surface area contributed by atoms with E-state index in [0.717, 1.165) is 4.90 Å². The summed E-state index contributed by atoms with van der Waals surface area (Å²) in [6.07, 6.45) is 1.71. The average Bonchev–Trinajstić information content (AvgIpc) is 3.51. The molecule has 0 saturated carbocycles. The van der Waals surface area contributed by atoms with Crippen molar-refractivity contribution in [3.63, 3.8) is 0 Å². The summed E-state index contributed by atoms with van der Waals surface area (Å²) in [6, 6.07) is 5.58. The van der Waals surface area contributed by atoms with Crippen LogP contribution in [-0.4, -0.2) is 101 Å². The number of aromatic nitrogens is 4. The molecule has 0 spiro atoms. The number of carbonyl (C=O) groups is 3. The molecule has 0 aliphatic carbocycles. The molecule has 13 nitrogen and oxygen atoms in total. The fraction of sp³-hybridized carbons (Fsp3) is 0.500. The van der Waals surface area contributed by atoms with Crippen LogP contribution in [0.5, 0.6) is 0 Å². The maximum absolute atomic E-state index is 13.3. The van der Waals surface area contributed by atoms with Gasteiger partial charge in [-0.3, -0.25) is 14.5 Å². The van der Waals surface area contributed by atoms with E-state index < -0.39 is 45.8 Å². The zero-order chi connectivity index (χ0) is 24.5. The molecule has 2 aliphatic heterocycles. The Morgan fingerprint density at radius 1 is 1.35 bits per heavy atom. The van der Waals surface area contributed by atoms with Crippen LogP contribution in [0.3, 0.4) is 0 Å². The summed E-state index contributed by atoms with van der Waals surface area (Å²) in [5.74, 6) is -1.27. The lowest BCUT2D eigenvalue weighted by Gasteiger charge is -2.29. The molecule has 34 heavy (non-hydrogen) atoms. The molecular formula is C20H25N7O6S. The van der Waals surface area contributed by atoms with Crippen molar-refractivity contribution in [1.29, 1.82) is 0 Å². The Morgan fingerprint density at radius 2 is 2.15 bits per heavy atom. The van der Waals surface area contributed by atoms with Crippen molar-refractivity contribution in [2.75, 3.05) is 38.3 Å². The minimum Gasteiger partial charge on any atom is -0.383 e. The first kappa shape index (κ1) is 23.8. The Kier molecular flexibility index (Phi) is 6.36. The number of methoxy groups -OCH3 is 1.